The maximum atomic E-state index is 6.33. The summed E-state index contributed by atoms with van der Waals surface area (Å²) in [6.45, 7) is 0. The van der Waals surface area contributed by atoms with Crippen molar-refractivity contribution in [1.29, 1.82) is 0 Å². The number of fused-ring (bicyclic) bond motifs is 10. The molecule has 0 radical (unpaired) electrons. The minimum absolute atomic E-state index is 0.895. The lowest BCUT2D eigenvalue weighted by Crippen LogP contribution is -1.94. The summed E-state index contributed by atoms with van der Waals surface area (Å²) in [6.07, 6.45) is 0. The Balaban J connectivity index is 1.14. The first-order chi connectivity index (χ1) is 27.3. The van der Waals surface area contributed by atoms with E-state index in [0.717, 1.165) is 33.3 Å². The van der Waals surface area contributed by atoms with Crippen LogP contribution in [0.5, 0.6) is 0 Å². The summed E-state index contributed by atoms with van der Waals surface area (Å²) in [5.41, 5.74) is 13.7. The van der Waals surface area contributed by atoms with Crippen LogP contribution in [0.4, 0.5) is 0 Å². The molecule has 0 amide bonds. The minimum atomic E-state index is 0.895. The van der Waals surface area contributed by atoms with Crippen LogP contribution in [0.2, 0.25) is 0 Å². The summed E-state index contributed by atoms with van der Waals surface area (Å²) >= 11 is 0. The van der Waals surface area contributed by atoms with Gasteiger partial charge < -0.3 is 13.6 Å². The van der Waals surface area contributed by atoms with E-state index in [-0.39, 0.29) is 0 Å². The number of hydrogen-bond donors (Lipinski definition) is 0. The first-order valence-electron chi connectivity index (χ1n) is 18.9. The topological polar surface area (TPSA) is 23.0 Å². The van der Waals surface area contributed by atoms with E-state index in [1.54, 1.807) is 0 Å². The predicted molar refractivity (Wildman–Crippen MR) is 231 cm³/mol. The molecule has 0 N–H and O–H groups in total. The number of para-hydroxylation sites is 3. The highest BCUT2D eigenvalue weighted by atomic mass is 16.3. The molecule has 0 bridgehead atoms. The molecule has 0 aliphatic rings. The largest absolute Gasteiger partial charge is 0.456 e. The lowest BCUT2D eigenvalue weighted by molar-refractivity contribution is 0.669. The Bertz CT molecular complexity index is 3470. The monoisotopic (exact) mass is 700 g/mol. The smallest absolute Gasteiger partial charge is 0.137 e. The van der Waals surface area contributed by atoms with Crippen LogP contribution in [0, 0.1) is 0 Å². The molecule has 0 fully saturated rings. The highest BCUT2D eigenvalue weighted by molar-refractivity contribution is 6.23. The zero-order valence-electron chi connectivity index (χ0n) is 29.8. The molecule has 3 aromatic heterocycles. The van der Waals surface area contributed by atoms with Crippen LogP contribution in [0.25, 0.3) is 110 Å². The second kappa shape index (κ2) is 11.6. The lowest BCUT2D eigenvalue weighted by atomic mass is 9.92. The van der Waals surface area contributed by atoms with Crippen molar-refractivity contribution in [2.75, 3.05) is 0 Å². The molecule has 3 heteroatoms. The molecule has 256 valence electrons. The first kappa shape index (κ1) is 30.1. The van der Waals surface area contributed by atoms with Crippen molar-refractivity contribution in [2.45, 2.75) is 0 Å². The van der Waals surface area contributed by atoms with Gasteiger partial charge in [0.1, 0.15) is 11.2 Å². The molecule has 3 nitrogen and oxygen atoms in total. The van der Waals surface area contributed by atoms with Gasteiger partial charge in [-0.15, -0.1) is 0 Å². The average molecular weight is 701 g/mol. The Morgan fingerprint density at radius 3 is 1.76 bits per heavy atom. The number of nitrogens with zero attached hydrogens (tertiary/aromatic N) is 2. The van der Waals surface area contributed by atoms with Crippen LogP contribution < -0.4 is 0 Å². The molecule has 0 unspecified atom stereocenters. The Hall–Kier alpha value is -7.36. The third-order valence-corrected chi connectivity index (χ3v) is 11.5. The molecule has 55 heavy (non-hydrogen) atoms. The van der Waals surface area contributed by atoms with Gasteiger partial charge in [0, 0.05) is 32.6 Å². The van der Waals surface area contributed by atoms with Crippen molar-refractivity contribution < 1.29 is 4.42 Å². The standard InChI is InChI=1S/C52H32N2O/c1-3-14-33(15-4-1)50-38-19-8-7-16-36(38)32-47-52(50)42-31-35(27-29-45(42)53(47)37-17-5-2-6-18-37)34-26-28-44-41(30-34)39-20-9-11-22-43(39)54(44)46-23-13-25-49-51(46)40-21-10-12-24-48(40)55-49/h1-32H. The molecule has 0 atom stereocenters. The van der Waals surface area contributed by atoms with Gasteiger partial charge in [0.15, 0.2) is 0 Å². The van der Waals surface area contributed by atoms with Gasteiger partial charge in [-0.1, -0.05) is 127 Å². The Morgan fingerprint density at radius 2 is 0.945 bits per heavy atom. The summed E-state index contributed by atoms with van der Waals surface area (Å²) in [4.78, 5) is 0. The average Bonchev–Trinajstić information content (AvgIpc) is 3.90. The van der Waals surface area contributed by atoms with Crippen molar-refractivity contribution in [3.05, 3.63) is 194 Å². The Morgan fingerprint density at radius 1 is 0.327 bits per heavy atom. The fourth-order valence-electron chi connectivity index (χ4n) is 9.14. The minimum Gasteiger partial charge on any atom is -0.456 e. The summed E-state index contributed by atoms with van der Waals surface area (Å²) < 4.78 is 11.2. The molecule has 9 aromatic carbocycles. The molecule has 12 aromatic rings. The van der Waals surface area contributed by atoms with E-state index in [1.807, 2.05) is 6.07 Å². The van der Waals surface area contributed by atoms with E-state index in [0.29, 0.717) is 0 Å². The van der Waals surface area contributed by atoms with Crippen molar-refractivity contribution >= 4 is 76.3 Å². The van der Waals surface area contributed by atoms with Crippen LogP contribution in [0.15, 0.2) is 199 Å². The maximum Gasteiger partial charge on any atom is 0.137 e. The normalized spacial score (nSPS) is 12.0. The summed E-state index contributed by atoms with van der Waals surface area (Å²) in [5, 5.41) is 9.70. The van der Waals surface area contributed by atoms with Crippen LogP contribution in [0.1, 0.15) is 0 Å². The van der Waals surface area contributed by atoms with E-state index in [1.165, 1.54) is 76.6 Å². The highest BCUT2D eigenvalue weighted by Gasteiger charge is 2.21. The van der Waals surface area contributed by atoms with E-state index in [9.17, 15) is 0 Å². The van der Waals surface area contributed by atoms with Crippen LogP contribution >= 0.6 is 0 Å². The van der Waals surface area contributed by atoms with Gasteiger partial charge in [-0.05, 0) is 99.8 Å². The summed E-state index contributed by atoms with van der Waals surface area (Å²) in [5.74, 6) is 0. The van der Waals surface area contributed by atoms with Gasteiger partial charge in [-0.2, -0.15) is 0 Å². The lowest BCUT2D eigenvalue weighted by Gasteiger charge is -2.12. The number of furan rings is 1. The zero-order valence-corrected chi connectivity index (χ0v) is 29.8. The van der Waals surface area contributed by atoms with E-state index >= 15 is 0 Å². The van der Waals surface area contributed by atoms with Gasteiger partial charge in [0.2, 0.25) is 0 Å². The van der Waals surface area contributed by atoms with Crippen LogP contribution in [-0.4, -0.2) is 9.13 Å². The molecule has 0 saturated heterocycles. The molecular weight excluding hydrogens is 669 g/mol. The van der Waals surface area contributed by atoms with Crippen molar-refractivity contribution in [1.82, 2.24) is 9.13 Å². The Kier molecular flexibility index (Phi) is 6.34. The molecule has 0 spiro atoms. The van der Waals surface area contributed by atoms with E-state index < -0.39 is 0 Å². The number of rotatable bonds is 4. The third kappa shape index (κ3) is 4.38. The van der Waals surface area contributed by atoms with Gasteiger partial charge in [0.05, 0.1) is 33.1 Å². The SMILES string of the molecule is c1ccc(-c2c3ccccc3cc3c2c2cc(-c4ccc5c(c4)c4ccccc4n5-c4cccc5oc6ccccc6c45)ccc2n3-c2ccccc2)cc1. The predicted octanol–water partition coefficient (Wildman–Crippen LogP) is 14.3. The number of benzene rings is 9. The zero-order chi connectivity index (χ0) is 36.0. The second-order valence-corrected chi connectivity index (χ2v) is 14.5. The third-order valence-electron chi connectivity index (χ3n) is 11.5. The number of hydrogen-bond acceptors (Lipinski definition) is 1. The molecular formula is C52H32N2O. The number of aromatic nitrogens is 2. The van der Waals surface area contributed by atoms with E-state index in [2.05, 4.69) is 197 Å². The van der Waals surface area contributed by atoms with Crippen molar-refractivity contribution in [2.24, 2.45) is 0 Å². The first-order valence-corrected chi connectivity index (χ1v) is 18.9. The van der Waals surface area contributed by atoms with Gasteiger partial charge in [-0.3, -0.25) is 0 Å². The molecule has 3 heterocycles. The fourth-order valence-corrected chi connectivity index (χ4v) is 9.14. The maximum absolute atomic E-state index is 6.33. The van der Waals surface area contributed by atoms with Crippen molar-refractivity contribution in [3.8, 4) is 33.6 Å². The molecule has 0 aliphatic carbocycles. The molecule has 12 rings (SSSR count). The highest BCUT2D eigenvalue weighted by Crippen LogP contribution is 2.45. The van der Waals surface area contributed by atoms with Crippen LogP contribution in [-0.2, 0) is 0 Å². The van der Waals surface area contributed by atoms with Gasteiger partial charge in [-0.25, -0.2) is 0 Å². The Labute approximate surface area is 316 Å². The summed E-state index contributed by atoms with van der Waals surface area (Å²) in [7, 11) is 0. The quantitative estimate of drug-likeness (QED) is 0.179. The van der Waals surface area contributed by atoms with Gasteiger partial charge in [0.25, 0.3) is 0 Å². The van der Waals surface area contributed by atoms with E-state index in [4.69, 9.17) is 4.42 Å². The molecule has 0 saturated carbocycles. The fraction of sp³-hybridized carbons (Fsp3) is 0. The van der Waals surface area contributed by atoms with Crippen molar-refractivity contribution in [3.63, 3.8) is 0 Å². The second-order valence-electron chi connectivity index (χ2n) is 14.5. The van der Waals surface area contributed by atoms with Crippen LogP contribution in [0.3, 0.4) is 0 Å². The summed E-state index contributed by atoms with van der Waals surface area (Å²) in [6, 6.07) is 70.3. The van der Waals surface area contributed by atoms with Gasteiger partial charge >= 0.3 is 0 Å². The molecule has 0 aliphatic heterocycles.